The van der Waals surface area contributed by atoms with E-state index in [4.69, 9.17) is 50.2 Å². The summed E-state index contributed by atoms with van der Waals surface area (Å²) in [5.74, 6) is -4.36. The van der Waals surface area contributed by atoms with E-state index >= 15 is 0 Å². The zero-order valence-electron chi connectivity index (χ0n) is 46.1. The molecule has 4 atom stereocenters. The lowest BCUT2D eigenvalue weighted by molar-refractivity contribution is -0.137. The summed E-state index contributed by atoms with van der Waals surface area (Å²) < 4.78 is 11.2. The molecule has 1 aromatic carbocycles. The molecule has 0 saturated heterocycles. The van der Waals surface area contributed by atoms with Gasteiger partial charge in [-0.2, -0.15) is 0 Å². The van der Waals surface area contributed by atoms with E-state index in [-0.39, 0.29) is 77.8 Å². The summed E-state index contributed by atoms with van der Waals surface area (Å²) in [5, 5.41) is 31.9. The molecule has 0 fully saturated rings. The number of pyridine rings is 1. The molecule has 24 nitrogen and oxygen atoms in total. The lowest BCUT2D eigenvalue weighted by Crippen LogP contribution is -2.41. The average Bonchev–Trinajstić information content (AvgIpc) is 2.76. The third-order valence-electron chi connectivity index (χ3n) is 13.1. The van der Waals surface area contributed by atoms with Gasteiger partial charge in [0.15, 0.2) is 11.9 Å². The van der Waals surface area contributed by atoms with Crippen molar-refractivity contribution in [1.82, 2.24) is 56.2 Å². The number of nitrogens with zero attached hydrogens (tertiary/aromatic N) is 7. The molecule has 10 bridgehead atoms. The van der Waals surface area contributed by atoms with Gasteiger partial charge in [-0.05, 0) is 43.4 Å². The predicted molar refractivity (Wildman–Crippen MR) is 322 cm³/mol. The molecule has 6 amide bonds. The molecule has 8 aromatic rings. The van der Waals surface area contributed by atoms with Crippen LogP contribution in [0, 0.1) is 12.8 Å². The average molecular weight is 1270 g/mol. The topological polar surface area (TPSA) is 352 Å². The van der Waals surface area contributed by atoms with Crippen LogP contribution in [0.2, 0.25) is 0 Å². The number of benzene rings is 1. The molecule has 1 aliphatic rings. The Hall–Kier alpha value is -8.13. The summed E-state index contributed by atoms with van der Waals surface area (Å²) in [6, 6.07) is 9.97. The Morgan fingerprint density at radius 3 is 2.18 bits per heavy atom. The number of carboxylic acids is 1. The number of ether oxygens (including phenoxy) is 2. The van der Waals surface area contributed by atoms with E-state index in [1.54, 1.807) is 70.9 Å². The molecular formula is C55H55N13O11S6. The van der Waals surface area contributed by atoms with Gasteiger partial charge in [-0.15, -0.1) is 68.0 Å². The van der Waals surface area contributed by atoms with Crippen LogP contribution in [0.3, 0.4) is 0 Å². The Morgan fingerprint density at radius 1 is 0.729 bits per heavy atom. The Morgan fingerprint density at radius 2 is 1.44 bits per heavy atom. The van der Waals surface area contributed by atoms with Crippen LogP contribution >= 0.6 is 68.0 Å². The fourth-order valence-electron chi connectivity index (χ4n) is 8.91. The molecule has 7 aromatic heterocycles. The minimum atomic E-state index is -1.21. The van der Waals surface area contributed by atoms with Crippen molar-refractivity contribution in [1.29, 1.82) is 0 Å². The Labute approximate surface area is 509 Å². The molecule has 8 N–H and O–H groups in total. The number of Topliss-reactive ketones (excluding diaryl/α,β-unsaturated/α-hetero) is 1. The summed E-state index contributed by atoms with van der Waals surface area (Å²) in [5.41, 5.74) is 8.28. The van der Waals surface area contributed by atoms with E-state index < -0.39 is 66.3 Å². The van der Waals surface area contributed by atoms with Crippen LogP contribution in [-0.4, -0.2) is 108 Å². The number of aliphatic carboxylic acids is 1. The Balaban J connectivity index is 1.13. The standard InChI is InChI=1S/C55H55N13O11S6/c1-25(2)29-17-35(69)42-26(3)84-53(67-42)31(18-39(71)57-4)60-47(75)33-22-80-49(62-33)28-15-16-30(51-65-37(24-83-51)64-38(70)13-9-10-14-41(73)74)59-43(28)32-21-81-52(61-32)34-23-82-54(63-34)45(46(79-55(56)77)27-11-7-6-8-12-27)66-40(72)19-58-48(76)44-36(20-78-5)85-50(29)68-44/h6-8,11-12,15-16,21-25,29,31,45-46H,9-10,13-14,17-20H2,1-5H3,(H2,56,77)(H,57,71)(H,58,76)(H,60,75)(H,64,70)(H,66,72)(H,73,74)/t29-,31-,45-,46-/m0/s1. The lowest BCUT2D eigenvalue weighted by Gasteiger charge is -2.26. The molecule has 85 heavy (non-hydrogen) atoms. The van der Waals surface area contributed by atoms with E-state index in [1.165, 1.54) is 59.5 Å². The summed E-state index contributed by atoms with van der Waals surface area (Å²) in [6.45, 7) is 5.03. The highest BCUT2D eigenvalue weighted by Crippen LogP contribution is 2.41. The minimum Gasteiger partial charge on any atom is -0.481 e. The number of anilines is 1. The first-order valence-corrected chi connectivity index (χ1v) is 31.5. The fourth-order valence-corrected chi connectivity index (χ4v) is 14.5. The molecule has 0 aliphatic carbocycles. The van der Waals surface area contributed by atoms with Gasteiger partial charge in [0.25, 0.3) is 11.8 Å². The number of thiazole rings is 6. The van der Waals surface area contributed by atoms with E-state index in [9.17, 15) is 38.4 Å². The Kier molecular flexibility index (Phi) is 20.0. The fraction of sp³-hybridized carbons (Fsp3) is 0.327. The van der Waals surface area contributed by atoms with Gasteiger partial charge in [-0.25, -0.2) is 39.7 Å². The number of primary amides is 1. The van der Waals surface area contributed by atoms with Crippen molar-refractivity contribution in [2.24, 2.45) is 11.7 Å². The molecule has 0 radical (unpaired) electrons. The first-order valence-electron chi connectivity index (χ1n) is 26.3. The van der Waals surface area contributed by atoms with Crippen molar-refractivity contribution in [3.05, 3.63) is 111 Å². The third kappa shape index (κ3) is 15.0. The van der Waals surface area contributed by atoms with Gasteiger partial charge >= 0.3 is 12.1 Å². The van der Waals surface area contributed by atoms with Gasteiger partial charge in [0.1, 0.15) is 71.1 Å². The smallest absolute Gasteiger partial charge is 0.405 e. The van der Waals surface area contributed by atoms with Gasteiger partial charge in [-0.1, -0.05) is 44.2 Å². The number of carbonyl (C=O) groups excluding carboxylic acids is 7. The van der Waals surface area contributed by atoms with E-state index in [0.29, 0.717) is 81.5 Å². The molecule has 30 heteroatoms. The van der Waals surface area contributed by atoms with E-state index in [0.717, 1.165) is 22.7 Å². The molecule has 0 saturated carbocycles. The number of nitrogens with one attached hydrogen (secondary N) is 5. The number of fused-ring (bicyclic) bond motifs is 14. The zero-order chi connectivity index (χ0) is 60.5. The number of rotatable bonds is 15. The van der Waals surface area contributed by atoms with Gasteiger partial charge in [-0.3, -0.25) is 33.6 Å². The molecule has 442 valence electrons. The van der Waals surface area contributed by atoms with Crippen LogP contribution in [0.5, 0.6) is 0 Å². The quantitative estimate of drug-likeness (QED) is 0.0471. The number of hydrogen-bond acceptors (Lipinski definition) is 23. The molecular weight excluding hydrogens is 1210 g/mol. The van der Waals surface area contributed by atoms with Crippen molar-refractivity contribution >= 4 is 121 Å². The van der Waals surface area contributed by atoms with Crippen LogP contribution in [0.15, 0.2) is 64.0 Å². The second-order valence-electron chi connectivity index (χ2n) is 19.5. The van der Waals surface area contributed by atoms with Gasteiger partial charge in [0, 0.05) is 71.3 Å². The summed E-state index contributed by atoms with van der Waals surface area (Å²) >= 11 is 7.14. The largest absolute Gasteiger partial charge is 0.481 e. The number of hydrogen-bond donors (Lipinski definition) is 7. The van der Waals surface area contributed by atoms with Crippen molar-refractivity contribution in [2.45, 2.75) is 90.0 Å². The van der Waals surface area contributed by atoms with Crippen molar-refractivity contribution in [3.8, 4) is 43.4 Å². The SMILES string of the molecule is CNC(=O)C[C@@H]1NC(=O)c2csc(n2)-c2ccc(-c3nc(NC(=O)CCCCC(=O)O)cs3)nc2-c2csc(n2)-c2csc(n2)[C@H]([C@@H](OC(N)=O)c2ccccc2)NC(=O)CNC(=O)c2nc(sc2COC)[C@H](C(C)C)CC(=O)c2nc1sc2C. The highest BCUT2D eigenvalue weighted by atomic mass is 32.1. The van der Waals surface area contributed by atoms with E-state index in [1.807, 2.05) is 13.8 Å². The monoisotopic (exact) mass is 1270 g/mol. The van der Waals surface area contributed by atoms with E-state index in [2.05, 4.69) is 31.6 Å². The van der Waals surface area contributed by atoms with Crippen LogP contribution in [0.1, 0.15) is 138 Å². The maximum absolute atomic E-state index is 14.4. The number of aryl methyl sites for hydroxylation is 1. The lowest BCUT2D eigenvalue weighted by atomic mass is 9.90. The zero-order valence-corrected chi connectivity index (χ0v) is 51.0. The highest BCUT2D eigenvalue weighted by molar-refractivity contribution is 7.15. The number of unbranched alkanes of at least 4 members (excludes halogenated alkanes) is 1. The summed E-state index contributed by atoms with van der Waals surface area (Å²) in [7, 11) is 2.94. The predicted octanol–water partition coefficient (Wildman–Crippen LogP) is 8.88. The van der Waals surface area contributed by atoms with Gasteiger partial charge in [0.2, 0.25) is 17.7 Å². The summed E-state index contributed by atoms with van der Waals surface area (Å²) in [4.78, 5) is 141. The molecule has 9 rings (SSSR count). The molecule has 8 heterocycles. The maximum atomic E-state index is 14.4. The second-order valence-corrected chi connectivity index (χ2v) is 25.3. The van der Waals surface area contributed by atoms with Gasteiger partial charge in [0.05, 0.1) is 41.2 Å². The number of nitrogens with two attached hydrogens (primary N) is 1. The number of aromatic nitrogens is 7. The number of carboxylic acid groups (broad SMARTS) is 1. The number of ketones is 1. The number of amides is 6. The van der Waals surface area contributed by atoms with Crippen LogP contribution in [-0.2, 0) is 35.3 Å². The van der Waals surface area contributed by atoms with Crippen LogP contribution in [0.25, 0.3) is 43.4 Å². The van der Waals surface area contributed by atoms with Crippen LogP contribution in [0.4, 0.5) is 10.6 Å². The highest BCUT2D eigenvalue weighted by Gasteiger charge is 2.35. The second kappa shape index (κ2) is 27.7. The maximum Gasteiger partial charge on any atom is 0.405 e. The minimum absolute atomic E-state index is 0.0000750. The first kappa shape index (κ1) is 61.4. The summed E-state index contributed by atoms with van der Waals surface area (Å²) in [6.07, 6.45) is -1.82. The van der Waals surface area contributed by atoms with Gasteiger partial charge < -0.3 is 46.9 Å². The molecule has 0 spiro atoms. The first-order chi connectivity index (χ1) is 40.8. The third-order valence-corrected chi connectivity index (χ3v) is 18.9. The van der Waals surface area contributed by atoms with Crippen molar-refractivity contribution in [2.75, 3.05) is 26.0 Å². The van der Waals surface area contributed by atoms with Crippen LogP contribution < -0.4 is 32.3 Å². The molecule has 1 aliphatic heterocycles. The van der Waals surface area contributed by atoms with Crippen molar-refractivity contribution in [3.63, 3.8) is 0 Å². The normalized spacial score (nSPS) is 16.2. The molecule has 0 unspecified atom stereocenters. The number of carbonyl (C=O) groups is 8. The van der Waals surface area contributed by atoms with Crippen molar-refractivity contribution < 1.29 is 52.9 Å². The Bertz CT molecular complexity index is 3790. The number of methoxy groups -OCH3 is 1.